The van der Waals surface area contributed by atoms with Crippen LogP contribution in [-0.2, 0) is 27.9 Å². The molecular weight excluding hydrogens is 880 g/mol. The van der Waals surface area contributed by atoms with Crippen molar-refractivity contribution >= 4 is 19.7 Å². The quantitative estimate of drug-likeness (QED) is 0.0205. The number of phosphoric ester groups is 1. The van der Waals surface area contributed by atoms with Gasteiger partial charge in [0.2, 0.25) is 5.91 Å². The SMILES string of the molecule is CC/C=C\C/C=C\C/C=C\C/C=C\C/C=C\CCCCCC(=O)NC(COP(=O)(O)OCC[N+](C)(C)C)C(/C=C/CCCCCCCCCCCCC)OC(=O)CCCCCCCCCCCCC. The highest BCUT2D eigenvalue weighted by atomic mass is 31.2. The number of amides is 1. The van der Waals surface area contributed by atoms with Crippen LogP contribution in [0.3, 0.4) is 0 Å². The topological polar surface area (TPSA) is 111 Å². The van der Waals surface area contributed by atoms with Gasteiger partial charge in [-0.05, 0) is 76.7 Å². The second kappa shape index (κ2) is 49.0. The van der Waals surface area contributed by atoms with Crippen LogP contribution in [0.2, 0.25) is 0 Å². The highest BCUT2D eigenvalue weighted by Gasteiger charge is 2.30. The van der Waals surface area contributed by atoms with Gasteiger partial charge in [-0.3, -0.25) is 18.6 Å². The first-order chi connectivity index (χ1) is 33.4. The molecule has 0 saturated heterocycles. The predicted octanol–water partition coefficient (Wildman–Crippen LogP) is 16.9. The molecule has 0 bridgehead atoms. The molecular formula is C59H108N2O7P+. The fraction of sp³-hybridized carbons (Fsp3) is 0.763. The zero-order valence-electron chi connectivity index (χ0n) is 45.5. The van der Waals surface area contributed by atoms with Crippen molar-refractivity contribution < 1.29 is 37.3 Å². The second-order valence-corrected chi connectivity index (χ2v) is 21.5. The summed E-state index contributed by atoms with van der Waals surface area (Å²) >= 11 is 0. The number of ether oxygens (including phenoxy) is 1. The number of likely N-dealkylation sites (N-methyl/N-ethyl adjacent to an activating group) is 1. The van der Waals surface area contributed by atoms with Gasteiger partial charge in [-0.2, -0.15) is 0 Å². The second-order valence-electron chi connectivity index (χ2n) is 20.1. The van der Waals surface area contributed by atoms with Crippen LogP contribution in [0.1, 0.15) is 239 Å². The van der Waals surface area contributed by atoms with E-state index in [0.29, 0.717) is 23.9 Å². The monoisotopic (exact) mass is 988 g/mol. The number of unbranched alkanes of at least 4 members (excludes halogenated alkanes) is 24. The predicted molar refractivity (Wildman–Crippen MR) is 295 cm³/mol. The van der Waals surface area contributed by atoms with Crippen LogP contribution in [0, 0.1) is 0 Å². The van der Waals surface area contributed by atoms with Crippen LogP contribution in [0.15, 0.2) is 72.9 Å². The van der Waals surface area contributed by atoms with Crippen LogP contribution >= 0.6 is 7.82 Å². The molecule has 0 aliphatic rings. The molecule has 0 aromatic rings. The van der Waals surface area contributed by atoms with Crippen LogP contribution in [0.4, 0.5) is 0 Å². The minimum absolute atomic E-state index is 0.0319. The first-order valence-corrected chi connectivity index (χ1v) is 29.8. The molecule has 0 aliphatic carbocycles. The van der Waals surface area contributed by atoms with Crippen molar-refractivity contribution in [3.05, 3.63) is 72.9 Å². The number of carbonyl (C=O) groups is 2. The molecule has 10 heteroatoms. The Balaban J connectivity index is 5.41. The van der Waals surface area contributed by atoms with E-state index in [-0.39, 0.29) is 31.5 Å². The van der Waals surface area contributed by atoms with Gasteiger partial charge >= 0.3 is 13.8 Å². The highest BCUT2D eigenvalue weighted by Crippen LogP contribution is 2.43. The molecule has 0 aromatic heterocycles. The Morgan fingerprint density at radius 3 is 1.41 bits per heavy atom. The highest BCUT2D eigenvalue weighted by molar-refractivity contribution is 7.47. The fourth-order valence-electron chi connectivity index (χ4n) is 7.79. The molecule has 0 spiro atoms. The van der Waals surface area contributed by atoms with Gasteiger partial charge < -0.3 is 19.4 Å². The van der Waals surface area contributed by atoms with E-state index in [9.17, 15) is 19.0 Å². The van der Waals surface area contributed by atoms with Gasteiger partial charge in [-0.15, -0.1) is 0 Å². The van der Waals surface area contributed by atoms with Gasteiger partial charge in [0.25, 0.3) is 0 Å². The Bertz CT molecular complexity index is 1420. The summed E-state index contributed by atoms with van der Waals surface area (Å²) < 4.78 is 30.6. The molecule has 0 aromatic carbocycles. The van der Waals surface area contributed by atoms with E-state index in [4.69, 9.17) is 13.8 Å². The number of rotatable bonds is 50. The summed E-state index contributed by atoms with van der Waals surface area (Å²) in [6.07, 6.45) is 61.8. The normalized spacial score (nSPS) is 14.4. The molecule has 2 N–H and O–H groups in total. The molecule has 0 heterocycles. The lowest BCUT2D eigenvalue weighted by Crippen LogP contribution is -2.47. The van der Waals surface area contributed by atoms with Crippen molar-refractivity contribution in [2.24, 2.45) is 0 Å². The first kappa shape index (κ1) is 66.5. The van der Waals surface area contributed by atoms with Crippen molar-refractivity contribution in [2.75, 3.05) is 40.9 Å². The summed E-state index contributed by atoms with van der Waals surface area (Å²) in [5.41, 5.74) is 0. The van der Waals surface area contributed by atoms with Crippen molar-refractivity contribution in [3.8, 4) is 0 Å². The van der Waals surface area contributed by atoms with Crippen LogP contribution in [0.25, 0.3) is 0 Å². The number of esters is 1. The van der Waals surface area contributed by atoms with E-state index >= 15 is 0 Å². The summed E-state index contributed by atoms with van der Waals surface area (Å²) in [6.45, 7) is 6.86. The third-order valence-electron chi connectivity index (χ3n) is 12.2. The molecule has 0 fully saturated rings. The Hall–Kier alpha value is -2.55. The van der Waals surface area contributed by atoms with Crippen molar-refractivity contribution in [1.82, 2.24) is 5.32 Å². The van der Waals surface area contributed by atoms with Crippen molar-refractivity contribution in [1.29, 1.82) is 0 Å². The molecule has 1 amide bonds. The Morgan fingerprint density at radius 1 is 0.522 bits per heavy atom. The number of allylic oxidation sites excluding steroid dienone is 11. The average molecular weight is 988 g/mol. The van der Waals surface area contributed by atoms with Crippen LogP contribution in [-0.4, -0.2) is 74.3 Å². The van der Waals surface area contributed by atoms with Gasteiger partial charge in [0.15, 0.2) is 0 Å². The van der Waals surface area contributed by atoms with Gasteiger partial charge in [-0.25, -0.2) is 4.57 Å². The minimum atomic E-state index is -4.45. The van der Waals surface area contributed by atoms with E-state index in [1.54, 1.807) is 0 Å². The molecule has 0 saturated carbocycles. The molecule has 69 heavy (non-hydrogen) atoms. The number of phosphoric acid groups is 1. The number of nitrogens with zero attached hydrogens (tertiary/aromatic N) is 1. The van der Waals surface area contributed by atoms with Crippen molar-refractivity contribution in [2.45, 2.75) is 251 Å². The number of carbonyl (C=O) groups excluding carboxylic acids is 2. The maximum atomic E-state index is 13.5. The lowest BCUT2D eigenvalue weighted by Gasteiger charge is -2.27. The number of hydrogen-bond donors (Lipinski definition) is 2. The van der Waals surface area contributed by atoms with E-state index in [0.717, 1.165) is 89.9 Å². The third kappa shape index (κ3) is 50.2. The molecule has 3 atom stereocenters. The van der Waals surface area contributed by atoms with Crippen LogP contribution < -0.4 is 5.32 Å². The average Bonchev–Trinajstić information content (AvgIpc) is 3.31. The standard InChI is InChI=1S/C59H107N2O7P/c1-7-10-13-16-19-22-25-27-28-29-30-31-32-34-37-39-42-45-48-51-58(62)60-56(55-67-69(64,65)66-54-53-61(4,5)6)57(50-47-44-41-38-36-33-26-23-20-17-14-11-8-2)68-59(63)52-49-46-43-40-35-24-21-18-15-12-9-3/h10,13,19,22,27-28,30-31,34,37,47,50,56-57H,7-9,11-12,14-18,20-21,23-26,29,32-33,35-36,38-46,48-49,51-55H2,1-6H3,(H-,60,62,64,65)/p+1/b13-10-,22-19-,28-27-,31-30-,37-34-,50-47+. The lowest BCUT2D eigenvalue weighted by molar-refractivity contribution is -0.870. The van der Waals surface area contributed by atoms with Gasteiger partial charge in [0.05, 0.1) is 33.8 Å². The van der Waals surface area contributed by atoms with Gasteiger partial charge in [0.1, 0.15) is 19.3 Å². The molecule has 3 unspecified atom stereocenters. The smallest absolute Gasteiger partial charge is 0.456 e. The van der Waals surface area contributed by atoms with E-state index in [1.165, 1.54) is 109 Å². The summed E-state index contributed by atoms with van der Waals surface area (Å²) in [5, 5.41) is 3.03. The molecule has 0 radical (unpaired) electrons. The summed E-state index contributed by atoms with van der Waals surface area (Å²) in [4.78, 5) is 37.5. The van der Waals surface area contributed by atoms with E-state index < -0.39 is 20.0 Å². The lowest BCUT2D eigenvalue weighted by atomic mass is 10.0. The van der Waals surface area contributed by atoms with Gasteiger partial charge in [0, 0.05) is 12.8 Å². The molecule has 400 valence electrons. The molecule has 9 nitrogen and oxygen atoms in total. The minimum Gasteiger partial charge on any atom is -0.456 e. The van der Waals surface area contributed by atoms with Gasteiger partial charge in [-0.1, -0.05) is 222 Å². The maximum Gasteiger partial charge on any atom is 0.472 e. The zero-order chi connectivity index (χ0) is 50.8. The summed E-state index contributed by atoms with van der Waals surface area (Å²) in [5.74, 6) is -0.543. The Labute approximate surface area is 425 Å². The summed E-state index contributed by atoms with van der Waals surface area (Å²) in [6, 6.07) is -0.865. The van der Waals surface area contributed by atoms with E-state index in [2.05, 4.69) is 86.8 Å². The molecule has 0 aliphatic heterocycles. The van der Waals surface area contributed by atoms with Crippen LogP contribution in [0.5, 0.6) is 0 Å². The Kier molecular flexibility index (Phi) is 47.2. The fourth-order valence-corrected chi connectivity index (χ4v) is 8.52. The summed E-state index contributed by atoms with van der Waals surface area (Å²) in [7, 11) is 1.47. The first-order valence-electron chi connectivity index (χ1n) is 28.3. The van der Waals surface area contributed by atoms with Crippen molar-refractivity contribution in [3.63, 3.8) is 0 Å². The maximum absolute atomic E-state index is 13.5. The number of hydrogen-bond acceptors (Lipinski definition) is 6. The van der Waals surface area contributed by atoms with E-state index in [1.807, 2.05) is 33.3 Å². The largest absolute Gasteiger partial charge is 0.472 e. The zero-order valence-corrected chi connectivity index (χ0v) is 46.4. The third-order valence-corrected chi connectivity index (χ3v) is 13.1. The number of nitrogens with one attached hydrogen (secondary N) is 1. The Morgan fingerprint density at radius 2 is 0.928 bits per heavy atom. The molecule has 0 rings (SSSR count). The number of quaternary nitrogens is 1.